The van der Waals surface area contributed by atoms with E-state index in [1.54, 1.807) is 0 Å². The molecule has 0 aliphatic carbocycles. The molecule has 12 heavy (non-hydrogen) atoms. The second-order valence-corrected chi connectivity index (χ2v) is 3.44. The van der Waals surface area contributed by atoms with Gasteiger partial charge in [-0.3, -0.25) is 4.79 Å². The quantitative estimate of drug-likeness (QED) is 0.569. The first-order valence-electron chi connectivity index (χ1n) is 4.38. The fraction of sp³-hybridized carbons (Fsp3) is 0.875. The molecule has 0 aromatic heterocycles. The summed E-state index contributed by atoms with van der Waals surface area (Å²) in [4.78, 5) is 12.9. The number of amides is 1. The van der Waals surface area contributed by atoms with Crippen molar-refractivity contribution in [3.8, 4) is 0 Å². The third-order valence-electron chi connectivity index (χ3n) is 2.13. The van der Waals surface area contributed by atoms with E-state index < -0.39 is 0 Å². The number of nitrogens with two attached hydrogens (primary N) is 1. The number of rotatable bonds is 2. The van der Waals surface area contributed by atoms with E-state index in [1.165, 1.54) is 0 Å². The number of nitrogens with one attached hydrogen (secondary N) is 1. The molecule has 3 N–H and O–H groups in total. The fourth-order valence-corrected chi connectivity index (χ4v) is 1.57. The van der Waals surface area contributed by atoms with Gasteiger partial charge < -0.3 is 16.0 Å². The van der Waals surface area contributed by atoms with Crippen molar-refractivity contribution < 1.29 is 4.79 Å². The van der Waals surface area contributed by atoms with Crippen LogP contribution in [0.4, 0.5) is 0 Å². The van der Waals surface area contributed by atoms with Crippen LogP contribution in [0.15, 0.2) is 0 Å². The zero-order valence-electron chi connectivity index (χ0n) is 7.55. The number of hydrogen-bond donors (Lipinski definition) is 2. The standard InChI is InChI=1S/C8H17N3O/c1-11-4-2-3-10-7(6-11)5-8(9)12/h7,10H,2-6H2,1H3,(H2,9,12). The molecule has 1 aliphatic rings. The van der Waals surface area contributed by atoms with Crippen LogP contribution in [0, 0.1) is 0 Å². The van der Waals surface area contributed by atoms with Gasteiger partial charge in [-0.2, -0.15) is 0 Å². The lowest BCUT2D eigenvalue weighted by atomic mass is 10.2. The van der Waals surface area contributed by atoms with Crippen LogP contribution >= 0.6 is 0 Å². The molecule has 0 radical (unpaired) electrons. The van der Waals surface area contributed by atoms with E-state index >= 15 is 0 Å². The van der Waals surface area contributed by atoms with Gasteiger partial charge in [0.05, 0.1) is 0 Å². The Hall–Kier alpha value is -0.610. The third-order valence-corrected chi connectivity index (χ3v) is 2.13. The Morgan fingerprint density at radius 3 is 3.17 bits per heavy atom. The summed E-state index contributed by atoms with van der Waals surface area (Å²) < 4.78 is 0. The average molecular weight is 171 g/mol. The van der Waals surface area contributed by atoms with E-state index in [0.29, 0.717) is 6.42 Å². The van der Waals surface area contributed by atoms with Gasteiger partial charge in [0.15, 0.2) is 0 Å². The minimum Gasteiger partial charge on any atom is -0.370 e. The van der Waals surface area contributed by atoms with Crippen molar-refractivity contribution in [1.82, 2.24) is 10.2 Å². The summed E-state index contributed by atoms with van der Waals surface area (Å²) >= 11 is 0. The summed E-state index contributed by atoms with van der Waals surface area (Å²) in [5, 5.41) is 3.30. The first-order chi connectivity index (χ1) is 5.68. The van der Waals surface area contributed by atoms with Crippen LogP contribution in [0.25, 0.3) is 0 Å². The van der Waals surface area contributed by atoms with Crippen molar-refractivity contribution in [1.29, 1.82) is 0 Å². The first-order valence-corrected chi connectivity index (χ1v) is 4.38. The van der Waals surface area contributed by atoms with Gasteiger partial charge in [0.1, 0.15) is 0 Å². The van der Waals surface area contributed by atoms with Gasteiger partial charge in [-0.15, -0.1) is 0 Å². The summed E-state index contributed by atoms with van der Waals surface area (Å²) in [6, 6.07) is 0.245. The van der Waals surface area contributed by atoms with E-state index in [0.717, 1.165) is 26.1 Å². The second kappa shape index (κ2) is 4.42. The lowest BCUT2D eigenvalue weighted by molar-refractivity contribution is -0.118. The molecule has 1 rings (SSSR count). The second-order valence-electron chi connectivity index (χ2n) is 3.44. The highest BCUT2D eigenvalue weighted by atomic mass is 16.1. The van der Waals surface area contributed by atoms with Crippen molar-refractivity contribution in [2.75, 3.05) is 26.7 Å². The van der Waals surface area contributed by atoms with E-state index in [2.05, 4.69) is 17.3 Å². The molecule has 0 aromatic carbocycles. The van der Waals surface area contributed by atoms with Gasteiger partial charge in [-0.25, -0.2) is 0 Å². The molecular weight excluding hydrogens is 154 g/mol. The van der Waals surface area contributed by atoms with Crippen molar-refractivity contribution in [2.45, 2.75) is 18.9 Å². The molecule has 1 atom stereocenters. The Kier molecular flexibility index (Phi) is 3.49. The molecular formula is C8H17N3O. The number of nitrogens with zero attached hydrogens (tertiary/aromatic N) is 1. The number of hydrogen-bond acceptors (Lipinski definition) is 3. The molecule has 0 saturated carbocycles. The van der Waals surface area contributed by atoms with Crippen LogP contribution in [0.3, 0.4) is 0 Å². The van der Waals surface area contributed by atoms with Crippen LogP contribution in [0.5, 0.6) is 0 Å². The van der Waals surface area contributed by atoms with E-state index in [1.807, 2.05) is 0 Å². The fourth-order valence-electron chi connectivity index (χ4n) is 1.57. The highest BCUT2D eigenvalue weighted by molar-refractivity contribution is 5.74. The summed E-state index contributed by atoms with van der Waals surface area (Å²) in [5.74, 6) is -0.220. The average Bonchev–Trinajstić information content (AvgIpc) is 2.12. The van der Waals surface area contributed by atoms with E-state index in [9.17, 15) is 4.79 Å². The Bertz CT molecular complexity index is 160. The monoisotopic (exact) mass is 171 g/mol. The van der Waals surface area contributed by atoms with Crippen LogP contribution in [-0.4, -0.2) is 43.5 Å². The smallest absolute Gasteiger partial charge is 0.219 e. The molecule has 1 saturated heterocycles. The Labute approximate surface area is 73.1 Å². The SMILES string of the molecule is CN1CCCNC(CC(N)=O)C1. The van der Waals surface area contributed by atoms with Crippen LogP contribution in [0.1, 0.15) is 12.8 Å². The molecule has 4 nitrogen and oxygen atoms in total. The molecule has 0 bridgehead atoms. The maximum Gasteiger partial charge on any atom is 0.219 e. The predicted octanol–water partition coefficient (Wildman–Crippen LogP) is -0.844. The normalized spacial score (nSPS) is 26.6. The first kappa shape index (κ1) is 9.48. The molecule has 1 aliphatic heterocycles. The van der Waals surface area contributed by atoms with Crippen LogP contribution in [0.2, 0.25) is 0 Å². The summed E-state index contributed by atoms with van der Waals surface area (Å²) in [7, 11) is 2.07. The highest BCUT2D eigenvalue weighted by Crippen LogP contribution is 2.00. The van der Waals surface area contributed by atoms with E-state index in [-0.39, 0.29) is 11.9 Å². The Morgan fingerprint density at radius 1 is 1.75 bits per heavy atom. The molecule has 1 unspecified atom stereocenters. The number of carbonyl (C=O) groups excluding carboxylic acids is 1. The van der Waals surface area contributed by atoms with Gasteiger partial charge >= 0.3 is 0 Å². The zero-order chi connectivity index (χ0) is 8.97. The van der Waals surface area contributed by atoms with Crippen LogP contribution < -0.4 is 11.1 Å². The number of primary amides is 1. The maximum absolute atomic E-state index is 10.7. The largest absolute Gasteiger partial charge is 0.370 e. The predicted molar refractivity (Wildman–Crippen MR) is 47.7 cm³/mol. The topological polar surface area (TPSA) is 58.4 Å². The number of carbonyl (C=O) groups is 1. The summed E-state index contributed by atoms with van der Waals surface area (Å²) in [6.45, 7) is 3.01. The molecule has 0 aromatic rings. The minimum absolute atomic E-state index is 0.220. The van der Waals surface area contributed by atoms with Gasteiger partial charge in [-0.05, 0) is 26.6 Å². The Morgan fingerprint density at radius 2 is 2.50 bits per heavy atom. The van der Waals surface area contributed by atoms with Gasteiger partial charge in [0.2, 0.25) is 5.91 Å². The third kappa shape index (κ3) is 3.19. The lowest BCUT2D eigenvalue weighted by Crippen LogP contribution is -2.39. The van der Waals surface area contributed by atoms with Crippen LogP contribution in [-0.2, 0) is 4.79 Å². The van der Waals surface area contributed by atoms with Crippen molar-refractivity contribution in [3.63, 3.8) is 0 Å². The zero-order valence-corrected chi connectivity index (χ0v) is 7.55. The maximum atomic E-state index is 10.7. The van der Waals surface area contributed by atoms with Crippen molar-refractivity contribution in [3.05, 3.63) is 0 Å². The molecule has 70 valence electrons. The summed E-state index contributed by atoms with van der Waals surface area (Å²) in [6.07, 6.45) is 1.59. The number of likely N-dealkylation sites (N-methyl/N-ethyl adjacent to an activating group) is 1. The molecule has 0 spiro atoms. The molecule has 1 fully saturated rings. The summed E-state index contributed by atoms with van der Waals surface area (Å²) in [5.41, 5.74) is 5.12. The van der Waals surface area contributed by atoms with Gasteiger partial charge in [0.25, 0.3) is 0 Å². The molecule has 4 heteroatoms. The van der Waals surface area contributed by atoms with E-state index in [4.69, 9.17) is 5.73 Å². The Balaban J connectivity index is 2.35. The van der Waals surface area contributed by atoms with Crippen molar-refractivity contribution in [2.24, 2.45) is 5.73 Å². The highest BCUT2D eigenvalue weighted by Gasteiger charge is 2.16. The van der Waals surface area contributed by atoms with Gasteiger partial charge in [0, 0.05) is 19.0 Å². The lowest BCUT2D eigenvalue weighted by Gasteiger charge is -2.18. The minimum atomic E-state index is -0.220. The van der Waals surface area contributed by atoms with Gasteiger partial charge in [-0.1, -0.05) is 0 Å². The molecule has 1 amide bonds. The van der Waals surface area contributed by atoms with Crippen molar-refractivity contribution >= 4 is 5.91 Å². The molecule has 1 heterocycles.